The van der Waals surface area contributed by atoms with Crippen molar-refractivity contribution in [1.82, 2.24) is 5.43 Å². The fourth-order valence-electron chi connectivity index (χ4n) is 1.61. The van der Waals surface area contributed by atoms with Crippen LogP contribution in [0, 0.1) is 0 Å². The van der Waals surface area contributed by atoms with Gasteiger partial charge in [0.25, 0.3) is 0 Å². The van der Waals surface area contributed by atoms with E-state index in [0.29, 0.717) is 6.61 Å². The molecule has 0 saturated heterocycles. The third-order valence-electron chi connectivity index (χ3n) is 2.73. The zero-order chi connectivity index (χ0) is 15.8. The molecule has 0 unspecified atom stereocenters. The molecule has 0 radical (unpaired) electrons. The largest absolute Gasteiger partial charge is 0.489 e. The van der Waals surface area contributed by atoms with Gasteiger partial charge in [0.05, 0.1) is 6.21 Å². The number of primary amides is 1. The van der Waals surface area contributed by atoms with E-state index < -0.39 is 11.8 Å². The second-order valence-electron chi connectivity index (χ2n) is 4.41. The minimum atomic E-state index is -1.08. The van der Waals surface area contributed by atoms with Gasteiger partial charge in [-0.25, -0.2) is 5.43 Å². The number of carbonyl (C=O) groups excluding carboxylic acids is 2. The SMILES string of the molecule is NC(=O)C(=O)N/N=C/c1ccc(OCc2ccccc2)cc1. The lowest BCUT2D eigenvalue weighted by atomic mass is 10.2. The Labute approximate surface area is 127 Å². The molecule has 6 heteroatoms. The number of carbonyl (C=O) groups is 2. The average Bonchev–Trinajstić information content (AvgIpc) is 2.55. The quantitative estimate of drug-likeness (QED) is 0.493. The summed E-state index contributed by atoms with van der Waals surface area (Å²) in [4.78, 5) is 21.4. The molecule has 0 bridgehead atoms. The zero-order valence-corrected chi connectivity index (χ0v) is 11.7. The third-order valence-corrected chi connectivity index (χ3v) is 2.73. The molecule has 0 atom stereocenters. The molecule has 0 aliphatic carbocycles. The summed E-state index contributed by atoms with van der Waals surface area (Å²) in [5.41, 5.74) is 8.62. The summed E-state index contributed by atoms with van der Waals surface area (Å²) in [7, 11) is 0. The average molecular weight is 297 g/mol. The Hall–Kier alpha value is -3.15. The molecule has 0 fully saturated rings. The molecule has 2 rings (SSSR count). The lowest BCUT2D eigenvalue weighted by Gasteiger charge is -2.06. The van der Waals surface area contributed by atoms with Gasteiger partial charge >= 0.3 is 11.8 Å². The van der Waals surface area contributed by atoms with Crippen LogP contribution in [0.1, 0.15) is 11.1 Å². The Morgan fingerprint density at radius 2 is 1.77 bits per heavy atom. The van der Waals surface area contributed by atoms with Crippen molar-refractivity contribution in [3.63, 3.8) is 0 Å². The predicted molar refractivity (Wildman–Crippen MR) is 82.1 cm³/mol. The molecule has 2 amide bonds. The second-order valence-corrected chi connectivity index (χ2v) is 4.41. The van der Waals surface area contributed by atoms with E-state index in [4.69, 9.17) is 10.5 Å². The van der Waals surface area contributed by atoms with E-state index in [1.165, 1.54) is 6.21 Å². The molecule has 6 nitrogen and oxygen atoms in total. The van der Waals surface area contributed by atoms with E-state index in [0.717, 1.165) is 16.9 Å². The van der Waals surface area contributed by atoms with Crippen LogP contribution in [0.5, 0.6) is 5.75 Å². The smallest absolute Gasteiger partial charge is 0.329 e. The Balaban J connectivity index is 1.86. The first-order valence-electron chi connectivity index (χ1n) is 6.55. The van der Waals surface area contributed by atoms with Crippen molar-refractivity contribution in [2.75, 3.05) is 0 Å². The molecule has 0 aromatic heterocycles. The number of rotatable bonds is 5. The Bertz CT molecular complexity index is 667. The van der Waals surface area contributed by atoms with Gasteiger partial charge < -0.3 is 10.5 Å². The van der Waals surface area contributed by atoms with Gasteiger partial charge in [0.2, 0.25) is 0 Å². The minimum Gasteiger partial charge on any atom is -0.489 e. The van der Waals surface area contributed by atoms with E-state index in [1.807, 2.05) is 35.8 Å². The highest BCUT2D eigenvalue weighted by Gasteiger charge is 2.05. The summed E-state index contributed by atoms with van der Waals surface area (Å²) in [5.74, 6) is -1.32. The van der Waals surface area contributed by atoms with Crippen molar-refractivity contribution >= 4 is 18.0 Å². The number of nitrogens with one attached hydrogen (secondary N) is 1. The Morgan fingerprint density at radius 3 is 2.41 bits per heavy atom. The first-order chi connectivity index (χ1) is 10.6. The third kappa shape index (κ3) is 4.75. The zero-order valence-electron chi connectivity index (χ0n) is 11.7. The molecule has 2 aromatic carbocycles. The van der Waals surface area contributed by atoms with Gasteiger partial charge in [-0.2, -0.15) is 5.10 Å². The molecule has 0 aliphatic rings. The summed E-state index contributed by atoms with van der Waals surface area (Å²) in [6.07, 6.45) is 1.40. The van der Waals surface area contributed by atoms with Crippen LogP contribution in [-0.2, 0) is 16.2 Å². The van der Waals surface area contributed by atoms with Gasteiger partial charge in [-0.3, -0.25) is 9.59 Å². The number of hydrogen-bond donors (Lipinski definition) is 2. The molecule has 22 heavy (non-hydrogen) atoms. The van der Waals surface area contributed by atoms with E-state index in [1.54, 1.807) is 24.3 Å². The predicted octanol–water partition coefficient (Wildman–Crippen LogP) is 1.20. The number of amides is 2. The summed E-state index contributed by atoms with van der Waals surface area (Å²) in [5, 5.41) is 3.62. The normalized spacial score (nSPS) is 10.4. The van der Waals surface area contributed by atoms with Crippen molar-refractivity contribution in [2.45, 2.75) is 6.61 Å². The summed E-state index contributed by atoms with van der Waals surface area (Å²) in [6.45, 7) is 0.489. The number of ether oxygens (including phenoxy) is 1. The summed E-state index contributed by atoms with van der Waals surface area (Å²) in [6, 6.07) is 17.0. The van der Waals surface area contributed by atoms with E-state index in [9.17, 15) is 9.59 Å². The fraction of sp³-hybridized carbons (Fsp3) is 0.0625. The van der Waals surface area contributed by atoms with Gasteiger partial charge in [0, 0.05) is 0 Å². The van der Waals surface area contributed by atoms with Crippen LogP contribution in [0.4, 0.5) is 0 Å². The Morgan fingerprint density at radius 1 is 1.09 bits per heavy atom. The highest BCUT2D eigenvalue weighted by Crippen LogP contribution is 2.13. The topological polar surface area (TPSA) is 93.8 Å². The van der Waals surface area contributed by atoms with Gasteiger partial charge in [-0.1, -0.05) is 30.3 Å². The van der Waals surface area contributed by atoms with Crippen LogP contribution < -0.4 is 15.9 Å². The van der Waals surface area contributed by atoms with Gasteiger partial charge in [-0.15, -0.1) is 0 Å². The van der Waals surface area contributed by atoms with Crippen molar-refractivity contribution in [3.05, 3.63) is 65.7 Å². The first-order valence-corrected chi connectivity index (χ1v) is 6.55. The number of benzene rings is 2. The maximum atomic E-state index is 10.9. The van der Waals surface area contributed by atoms with Crippen molar-refractivity contribution in [2.24, 2.45) is 10.8 Å². The highest BCUT2D eigenvalue weighted by atomic mass is 16.5. The molecule has 0 spiro atoms. The van der Waals surface area contributed by atoms with Crippen LogP contribution in [0.15, 0.2) is 59.7 Å². The van der Waals surface area contributed by atoms with Crippen LogP contribution in [0.2, 0.25) is 0 Å². The molecular formula is C16H15N3O3. The second kappa shape index (κ2) is 7.58. The summed E-state index contributed by atoms with van der Waals surface area (Å²) < 4.78 is 5.65. The van der Waals surface area contributed by atoms with E-state index in [-0.39, 0.29) is 0 Å². The monoisotopic (exact) mass is 297 g/mol. The first kappa shape index (κ1) is 15.2. The van der Waals surface area contributed by atoms with E-state index in [2.05, 4.69) is 5.10 Å². The number of nitrogens with two attached hydrogens (primary N) is 1. The van der Waals surface area contributed by atoms with Gasteiger partial charge in [0.15, 0.2) is 0 Å². The Kier molecular flexibility index (Phi) is 5.25. The molecule has 0 heterocycles. The molecule has 2 aromatic rings. The lowest BCUT2D eigenvalue weighted by Crippen LogP contribution is -2.32. The van der Waals surface area contributed by atoms with E-state index >= 15 is 0 Å². The van der Waals surface area contributed by atoms with Crippen LogP contribution in [0.3, 0.4) is 0 Å². The number of hydrazone groups is 1. The minimum absolute atomic E-state index is 0.489. The molecule has 0 saturated carbocycles. The maximum Gasteiger partial charge on any atom is 0.329 e. The molecule has 0 aliphatic heterocycles. The number of hydrogen-bond acceptors (Lipinski definition) is 4. The molecule has 112 valence electrons. The van der Waals surface area contributed by atoms with Crippen LogP contribution in [-0.4, -0.2) is 18.0 Å². The molecule has 3 N–H and O–H groups in total. The van der Waals surface area contributed by atoms with Crippen molar-refractivity contribution in [3.8, 4) is 5.75 Å². The van der Waals surface area contributed by atoms with Crippen molar-refractivity contribution in [1.29, 1.82) is 0 Å². The van der Waals surface area contributed by atoms with Gasteiger partial charge in [-0.05, 0) is 35.4 Å². The number of nitrogens with zero attached hydrogens (tertiary/aromatic N) is 1. The fourth-order valence-corrected chi connectivity index (χ4v) is 1.61. The van der Waals surface area contributed by atoms with Gasteiger partial charge in [0.1, 0.15) is 12.4 Å². The standard InChI is InChI=1S/C16H15N3O3/c17-15(20)16(21)19-18-10-12-6-8-14(9-7-12)22-11-13-4-2-1-3-5-13/h1-10H,11H2,(H2,17,20)(H,19,21)/b18-10+. The van der Waals surface area contributed by atoms with Crippen LogP contribution in [0.25, 0.3) is 0 Å². The summed E-state index contributed by atoms with van der Waals surface area (Å²) >= 11 is 0. The maximum absolute atomic E-state index is 10.9. The van der Waals surface area contributed by atoms with Crippen molar-refractivity contribution < 1.29 is 14.3 Å². The lowest BCUT2D eigenvalue weighted by molar-refractivity contribution is -0.137. The molecular weight excluding hydrogens is 282 g/mol. The van der Waals surface area contributed by atoms with Crippen LogP contribution >= 0.6 is 0 Å². The highest BCUT2D eigenvalue weighted by molar-refractivity contribution is 6.34.